The number of fused-ring (bicyclic) bond motifs is 1. The second-order valence-corrected chi connectivity index (χ2v) is 8.46. The van der Waals surface area contributed by atoms with Gasteiger partial charge in [0.25, 0.3) is 0 Å². The van der Waals surface area contributed by atoms with Crippen LogP contribution in [0.5, 0.6) is 17.2 Å². The third-order valence-corrected chi connectivity index (χ3v) is 5.80. The Morgan fingerprint density at radius 1 is 0.886 bits per heavy atom. The molecule has 1 fully saturated rings. The number of piperidine rings is 1. The number of likely N-dealkylation sites (tertiary alicyclic amines) is 1. The standard InChI is InChI=1S/C23H25NO4.C6H4O/c1-18(25)27-17-19-11-14-24(15-12-19)16-13-23(26)28-22-9-7-21(8-10-22)20-5-3-2-4-6-20;1-2-4-6-5(3-1)7-6/h2-10,13,16,19H,11-12,14-15,17H2,1H3;1-4H. The van der Waals surface area contributed by atoms with E-state index in [1.165, 1.54) is 13.0 Å². The first kappa shape index (κ1) is 24.1. The number of carbonyl (C=O) groups is 2. The number of para-hydroxylation sites is 2. The van der Waals surface area contributed by atoms with Gasteiger partial charge >= 0.3 is 11.9 Å². The Bertz CT molecular complexity index is 1130. The smallest absolute Gasteiger partial charge is 0.337 e. The molecule has 3 aromatic rings. The van der Waals surface area contributed by atoms with Crippen molar-refractivity contribution in [3.05, 3.63) is 91.1 Å². The molecule has 0 N–H and O–H groups in total. The summed E-state index contributed by atoms with van der Waals surface area (Å²) in [6, 6.07) is 25.4. The minimum Gasteiger partial charge on any atom is -0.466 e. The van der Waals surface area contributed by atoms with E-state index in [9.17, 15) is 9.59 Å². The lowest BCUT2D eigenvalue weighted by Crippen LogP contribution is -2.32. The monoisotopic (exact) mass is 471 g/mol. The summed E-state index contributed by atoms with van der Waals surface area (Å²) in [6.45, 7) is 3.58. The molecule has 0 aliphatic carbocycles. The number of benzene rings is 3. The fraction of sp³-hybridized carbons (Fsp3) is 0.241. The van der Waals surface area contributed by atoms with Crippen LogP contribution in [0.4, 0.5) is 0 Å². The molecule has 0 spiro atoms. The van der Waals surface area contributed by atoms with Gasteiger partial charge in [-0.25, -0.2) is 4.79 Å². The predicted molar refractivity (Wildman–Crippen MR) is 134 cm³/mol. The Morgan fingerprint density at radius 3 is 2.09 bits per heavy atom. The highest BCUT2D eigenvalue weighted by Crippen LogP contribution is 2.43. The van der Waals surface area contributed by atoms with Crippen LogP contribution in [0.25, 0.3) is 11.1 Å². The number of carbonyl (C=O) groups excluding carboxylic acids is 2. The average Bonchev–Trinajstić information content (AvgIpc) is 3.68. The zero-order valence-electron chi connectivity index (χ0n) is 19.8. The molecule has 0 saturated carbocycles. The van der Waals surface area contributed by atoms with Crippen LogP contribution in [0.3, 0.4) is 0 Å². The molecule has 2 aliphatic rings. The van der Waals surface area contributed by atoms with Crippen molar-refractivity contribution in [2.75, 3.05) is 19.7 Å². The van der Waals surface area contributed by atoms with Crippen molar-refractivity contribution in [1.29, 1.82) is 0 Å². The fourth-order valence-corrected chi connectivity index (χ4v) is 3.78. The van der Waals surface area contributed by atoms with E-state index in [0.717, 1.165) is 48.6 Å². The first-order valence-electron chi connectivity index (χ1n) is 11.8. The molecule has 0 radical (unpaired) electrons. The molecule has 5 rings (SSSR count). The largest absolute Gasteiger partial charge is 0.466 e. The van der Waals surface area contributed by atoms with Crippen molar-refractivity contribution in [1.82, 2.24) is 4.90 Å². The summed E-state index contributed by atoms with van der Waals surface area (Å²) in [7, 11) is 0. The minimum absolute atomic E-state index is 0.234. The highest BCUT2D eigenvalue weighted by Gasteiger charge is 2.18. The van der Waals surface area contributed by atoms with E-state index >= 15 is 0 Å². The van der Waals surface area contributed by atoms with E-state index in [2.05, 4.69) is 4.90 Å². The SMILES string of the molecule is CC(=O)OCC1CCN(C=CC(=O)Oc2ccc(-c3ccccc3)cc2)CC1.c1ccc2c(c1)O2. The molecule has 0 aromatic heterocycles. The third-order valence-electron chi connectivity index (χ3n) is 5.80. The fourth-order valence-electron chi connectivity index (χ4n) is 3.78. The topological polar surface area (TPSA) is 68.4 Å². The maximum absolute atomic E-state index is 12.1. The predicted octanol–water partition coefficient (Wildman–Crippen LogP) is 5.84. The number of hydrogen-bond acceptors (Lipinski definition) is 6. The Labute approximate surface area is 205 Å². The van der Waals surface area contributed by atoms with Gasteiger partial charge in [-0.3, -0.25) is 4.79 Å². The normalized spacial score (nSPS) is 14.3. The number of ether oxygens (including phenoxy) is 3. The molecule has 0 bridgehead atoms. The molecule has 0 amide bonds. The lowest BCUT2D eigenvalue weighted by atomic mass is 9.98. The highest BCUT2D eigenvalue weighted by molar-refractivity contribution is 5.84. The van der Waals surface area contributed by atoms with Crippen LogP contribution >= 0.6 is 0 Å². The molecule has 0 atom stereocenters. The first-order valence-corrected chi connectivity index (χ1v) is 11.8. The second-order valence-electron chi connectivity index (χ2n) is 8.46. The van der Waals surface area contributed by atoms with Gasteiger partial charge in [0.05, 0.1) is 6.61 Å². The molecule has 6 heteroatoms. The van der Waals surface area contributed by atoms with E-state index < -0.39 is 5.97 Å². The lowest BCUT2D eigenvalue weighted by Gasteiger charge is -2.30. The van der Waals surface area contributed by atoms with Gasteiger partial charge in [0.15, 0.2) is 11.5 Å². The van der Waals surface area contributed by atoms with Gasteiger partial charge in [0.2, 0.25) is 0 Å². The minimum atomic E-state index is -0.394. The van der Waals surface area contributed by atoms with Crippen molar-refractivity contribution in [3.8, 4) is 28.4 Å². The van der Waals surface area contributed by atoms with Crippen molar-refractivity contribution in [2.45, 2.75) is 19.8 Å². The summed E-state index contributed by atoms with van der Waals surface area (Å²) < 4.78 is 15.4. The summed E-state index contributed by atoms with van der Waals surface area (Å²) in [5.74, 6) is 2.35. The van der Waals surface area contributed by atoms with Crippen LogP contribution in [0.2, 0.25) is 0 Å². The van der Waals surface area contributed by atoms with Crippen LogP contribution in [0.15, 0.2) is 91.1 Å². The van der Waals surface area contributed by atoms with Gasteiger partial charge < -0.3 is 19.1 Å². The Balaban J connectivity index is 0.000000347. The molecule has 6 nitrogen and oxygen atoms in total. The van der Waals surface area contributed by atoms with E-state index in [-0.39, 0.29) is 5.97 Å². The van der Waals surface area contributed by atoms with Crippen LogP contribution in [0, 0.1) is 5.92 Å². The summed E-state index contributed by atoms with van der Waals surface area (Å²) in [4.78, 5) is 25.0. The van der Waals surface area contributed by atoms with E-state index in [4.69, 9.17) is 14.2 Å². The van der Waals surface area contributed by atoms with Gasteiger partial charge in [-0.2, -0.15) is 0 Å². The Kier molecular flexibility index (Phi) is 8.17. The van der Waals surface area contributed by atoms with Gasteiger partial charge in [0, 0.05) is 32.3 Å². The third kappa shape index (κ3) is 7.74. The van der Waals surface area contributed by atoms with Crippen LogP contribution < -0.4 is 9.47 Å². The van der Waals surface area contributed by atoms with Gasteiger partial charge in [-0.1, -0.05) is 54.6 Å². The second kappa shape index (κ2) is 11.9. The zero-order valence-corrected chi connectivity index (χ0v) is 19.8. The first-order chi connectivity index (χ1) is 17.1. The molecule has 3 aromatic carbocycles. The number of rotatable bonds is 6. The van der Waals surface area contributed by atoms with Crippen molar-refractivity contribution in [2.24, 2.45) is 5.92 Å². The lowest BCUT2D eigenvalue weighted by molar-refractivity contribution is -0.142. The summed E-state index contributed by atoms with van der Waals surface area (Å²) in [6.07, 6.45) is 5.11. The van der Waals surface area contributed by atoms with E-state index in [0.29, 0.717) is 18.3 Å². The van der Waals surface area contributed by atoms with Crippen LogP contribution in [-0.4, -0.2) is 36.5 Å². The maximum Gasteiger partial charge on any atom is 0.337 e. The molecule has 2 heterocycles. The van der Waals surface area contributed by atoms with Gasteiger partial charge in [0.1, 0.15) is 5.75 Å². The van der Waals surface area contributed by atoms with Crippen LogP contribution in [-0.2, 0) is 14.3 Å². The average molecular weight is 472 g/mol. The zero-order chi connectivity index (χ0) is 24.5. The van der Waals surface area contributed by atoms with E-state index in [1.54, 1.807) is 18.3 Å². The molecule has 35 heavy (non-hydrogen) atoms. The summed E-state index contributed by atoms with van der Waals surface area (Å²) in [5.41, 5.74) is 2.20. The Morgan fingerprint density at radius 2 is 1.49 bits per heavy atom. The number of hydrogen-bond donors (Lipinski definition) is 0. The van der Waals surface area contributed by atoms with Crippen molar-refractivity contribution >= 4 is 11.9 Å². The molecule has 2 aliphatic heterocycles. The molecule has 1 saturated heterocycles. The van der Waals surface area contributed by atoms with Gasteiger partial charge in [-0.15, -0.1) is 0 Å². The summed E-state index contributed by atoms with van der Waals surface area (Å²) in [5, 5.41) is 0. The van der Waals surface area contributed by atoms with Crippen molar-refractivity contribution < 1.29 is 23.8 Å². The Hall–Kier alpha value is -4.06. The molecular formula is C29H29NO5. The number of nitrogens with zero attached hydrogens (tertiary/aromatic N) is 1. The maximum atomic E-state index is 12.1. The van der Waals surface area contributed by atoms with Crippen molar-refractivity contribution in [3.63, 3.8) is 0 Å². The van der Waals surface area contributed by atoms with Gasteiger partial charge in [-0.05, 0) is 54.2 Å². The van der Waals surface area contributed by atoms with E-state index in [1.807, 2.05) is 66.7 Å². The molecule has 0 unspecified atom stereocenters. The number of esters is 2. The summed E-state index contributed by atoms with van der Waals surface area (Å²) >= 11 is 0. The highest BCUT2D eigenvalue weighted by atomic mass is 16.6. The van der Waals surface area contributed by atoms with Crippen LogP contribution in [0.1, 0.15) is 19.8 Å². The molecule has 180 valence electrons. The quantitative estimate of drug-likeness (QED) is 0.152. The molecular weight excluding hydrogens is 442 g/mol.